The van der Waals surface area contributed by atoms with Gasteiger partial charge in [-0.15, -0.1) is 10.2 Å². The number of rotatable bonds is 7. The number of nitrogens with one attached hydrogen (secondary N) is 1. The summed E-state index contributed by atoms with van der Waals surface area (Å²) in [6.07, 6.45) is 0.698. The van der Waals surface area contributed by atoms with Crippen molar-refractivity contribution < 1.29 is 27.1 Å². The van der Waals surface area contributed by atoms with Crippen molar-refractivity contribution in [2.24, 2.45) is 7.05 Å². The Morgan fingerprint density at radius 1 is 1.00 bits per heavy atom. The van der Waals surface area contributed by atoms with E-state index in [4.69, 9.17) is 4.42 Å². The minimum absolute atomic E-state index is 0.0721. The van der Waals surface area contributed by atoms with Crippen LogP contribution in [0.4, 0.5) is 17.6 Å². The van der Waals surface area contributed by atoms with Gasteiger partial charge in [-0.3, -0.25) is 0 Å². The lowest BCUT2D eigenvalue weighted by Gasteiger charge is -2.17. The standard InChI is InChI=1S/C32H29F4N5O2/c1-41-16-38-40-30(41)24-14-22(33)7-8-23(24)20-11-19(18-5-6-18)12-21(13-20)31-39-27-10-17(15-37-26-3-2-4-28(26)42)9-25(29(27)43-31)32(34,35)36/h7-14,16,18,26,28,37,42H,2-6,15H2,1H3/t26-,28+/m1/s1. The van der Waals surface area contributed by atoms with Gasteiger partial charge in [0.25, 0.3) is 0 Å². The van der Waals surface area contributed by atoms with Gasteiger partial charge in [-0.2, -0.15) is 13.2 Å². The zero-order valence-electron chi connectivity index (χ0n) is 23.3. The summed E-state index contributed by atoms with van der Waals surface area (Å²) < 4.78 is 64.7. The van der Waals surface area contributed by atoms with E-state index in [1.165, 1.54) is 18.5 Å². The van der Waals surface area contributed by atoms with Gasteiger partial charge in [-0.05, 0) is 96.7 Å². The molecule has 2 heterocycles. The first-order chi connectivity index (χ1) is 20.6. The van der Waals surface area contributed by atoms with Crippen molar-refractivity contribution in [3.8, 4) is 34.0 Å². The van der Waals surface area contributed by atoms with Gasteiger partial charge < -0.3 is 19.4 Å². The average molecular weight is 592 g/mol. The van der Waals surface area contributed by atoms with Crippen LogP contribution in [0, 0.1) is 5.82 Å². The molecule has 2 saturated carbocycles. The van der Waals surface area contributed by atoms with Crippen LogP contribution in [0.2, 0.25) is 0 Å². The highest BCUT2D eigenvalue weighted by Gasteiger charge is 2.36. The summed E-state index contributed by atoms with van der Waals surface area (Å²) in [4.78, 5) is 4.54. The molecule has 0 radical (unpaired) electrons. The molecule has 7 nitrogen and oxygen atoms in total. The lowest BCUT2D eigenvalue weighted by Crippen LogP contribution is -2.35. The Labute approximate surface area is 244 Å². The number of halogens is 4. The molecule has 0 aliphatic heterocycles. The minimum atomic E-state index is -4.65. The Balaban J connectivity index is 1.33. The van der Waals surface area contributed by atoms with E-state index in [1.807, 2.05) is 12.1 Å². The Hall–Kier alpha value is -4.09. The van der Waals surface area contributed by atoms with E-state index >= 15 is 0 Å². The van der Waals surface area contributed by atoms with Gasteiger partial charge in [0.15, 0.2) is 11.4 Å². The van der Waals surface area contributed by atoms with Crippen LogP contribution in [0.5, 0.6) is 0 Å². The van der Waals surface area contributed by atoms with Gasteiger partial charge in [0.1, 0.15) is 23.2 Å². The maximum Gasteiger partial charge on any atom is 0.420 e. The Morgan fingerprint density at radius 3 is 2.51 bits per heavy atom. The second kappa shape index (κ2) is 10.6. The third kappa shape index (κ3) is 5.43. The van der Waals surface area contributed by atoms with Crippen LogP contribution in [0.3, 0.4) is 0 Å². The first-order valence-electron chi connectivity index (χ1n) is 14.4. The molecule has 11 heteroatoms. The van der Waals surface area contributed by atoms with Crippen molar-refractivity contribution >= 4 is 11.1 Å². The molecular weight excluding hydrogens is 562 g/mol. The van der Waals surface area contributed by atoms with Gasteiger partial charge >= 0.3 is 6.18 Å². The molecule has 2 aromatic heterocycles. The summed E-state index contributed by atoms with van der Waals surface area (Å²) in [6.45, 7) is 0.166. The summed E-state index contributed by atoms with van der Waals surface area (Å²) in [6, 6.07) is 12.7. The van der Waals surface area contributed by atoms with Crippen molar-refractivity contribution in [1.82, 2.24) is 25.1 Å². The second-order valence-electron chi connectivity index (χ2n) is 11.6. The number of hydrogen-bond donors (Lipinski definition) is 2. The van der Waals surface area contributed by atoms with Crippen LogP contribution in [-0.2, 0) is 19.8 Å². The Morgan fingerprint density at radius 2 is 1.81 bits per heavy atom. The van der Waals surface area contributed by atoms with E-state index in [0.717, 1.165) is 42.9 Å². The Kier molecular flexibility index (Phi) is 6.81. The molecule has 3 aromatic carbocycles. The minimum Gasteiger partial charge on any atom is -0.435 e. The predicted molar refractivity (Wildman–Crippen MR) is 152 cm³/mol. The third-order valence-electron chi connectivity index (χ3n) is 8.40. The van der Waals surface area contributed by atoms with E-state index in [-0.39, 0.29) is 29.6 Å². The molecule has 5 aromatic rings. The van der Waals surface area contributed by atoms with Gasteiger partial charge in [0, 0.05) is 30.8 Å². The first-order valence-corrected chi connectivity index (χ1v) is 14.4. The summed E-state index contributed by atoms with van der Waals surface area (Å²) >= 11 is 0. The smallest absolute Gasteiger partial charge is 0.420 e. The number of alkyl halides is 3. The number of oxazole rings is 1. The first kappa shape index (κ1) is 27.7. The lowest BCUT2D eigenvalue weighted by molar-refractivity contribution is -0.136. The highest BCUT2D eigenvalue weighted by atomic mass is 19.4. The summed E-state index contributed by atoms with van der Waals surface area (Å²) in [7, 11) is 1.77. The fraction of sp³-hybridized carbons (Fsp3) is 0.344. The van der Waals surface area contributed by atoms with Crippen LogP contribution in [-0.4, -0.2) is 37.0 Å². The van der Waals surface area contributed by atoms with E-state index in [0.29, 0.717) is 40.4 Å². The second-order valence-corrected chi connectivity index (χ2v) is 11.6. The number of aliphatic hydroxyl groups excluding tert-OH is 1. The van der Waals surface area contributed by atoms with Gasteiger partial charge in [-0.25, -0.2) is 9.37 Å². The van der Waals surface area contributed by atoms with Crippen LogP contribution in [0.1, 0.15) is 54.7 Å². The number of fused-ring (bicyclic) bond motifs is 1. The maximum absolute atomic E-state index is 14.4. The summed E-state index contributed by atoms with van der Waals surface area (Å²) in [5, 5.41) is 21.4. The quantitative estimate of drug-likeness (QED) is 0.198. The van der Waals surface area contributed by atoms with E-state index in [9.17, 15) is 22.7 Å². The fourth-order valence-electron chi connectivity index (χ4n) is 6.02. The van der Waals surface area contributed by atoms with E-state index in [2.05, 4.69) is 20.5 Å². The van der Waals surface area contributed by atoms with Crippen molar-refractivity contribution in [2.45, 2.75) is 62.9 Å². The number of nitrogens with zero attached hydrogens (tertiary/aromatic N) is 4. The van der Waals surface area contributed by atoms with Gasteiger partial charge in [0.2, 0.25) is 5.89 Å². The molecule has 0 saturated heterocycles. The van der Waals surface area contributed by atoms with E-state index in [1.54, 1.807) is 29.8 Å². The molecule has 7 rings (SSSR count). The zero-order chi connectivity index (χ0) is 29.9. The summed E-state index contributed by atoms with van der Waals surface area (Å²) in [5.74, 6) is 0.446. The topological polar surface area (TPSA) is 89.0 Å². The molecule has 2 N–H and O–H groups in total. The average Bonchev–Trinajstić information content (AvgIpc) is 3.38. The molecule has 0 bridgehead atoms. The monoisotopic (exact) mass is 591 g/mol. The molecule has 0 amide bonds. The molecule has 2 fully saturated rings. The number of aromatic nitrogens is 4. The highest BCUT2D eigenvalue weighted by molar-refractivity contribution is 5.85. The summed E-state index contributed by atoms with van der Waals surface area (Å²) in [5.41, 5.74) is 2.83. The molecule has 0 unspecified atom stereocenters. The molecule has 222 valence electrons. The molecule has 2 atom stereocenters. The zero-order valence-corrected chi connectivity index (χ0v) is 23.3. The van der Waals surface area contributed by atoms with Gasteiger partial charge in [0.05, 0.1) is 6.10 Å². The molecule has 0 spiro atoms. The van der Waals surface area contributed by atoms with Crippen molar-refractivity contribution in [1.29, 1.82) is 0 Å². The molecule has 2 aliphatic carbocycles. The third-order valence-corrected chi connectivity index (χ3v) is 8.40. The largest absolute Gasteiger partial charge is 0.435 e. The van der Waals surface area contributed by atoms with Crippen molar-refractivity contribution in [3.63, 3.8) is 0 Å². The SMILES string of the molecule is Cn1cnnc1-c1cc(F)ccc1-c1cc(-c2nc3cc(CN[C@@H]4CCC[C@@H]4O)cc(C(F)(F)F)c3o2)cc(C2CC2)c1. The number of aryl methyl sites for hydroxylation is 1. The predicted octanol–water partition coefficient (Wildman–Crippen LogP) is 7.00. The van der Waals surface area contributed by atoms with Crippen LogP contribution < -0.4 is 5.32 Å². The number of hydrogen-bond acceptors (Lipinski definition) is 6. The number of aliphatic hydroxyl groups is 1. The maximum atomic E-state index is 14.4. The van der Waals surface area contributed by atoms with Crippen LogP contribution in [0.25, 0.3) is 45.1 Å². The van der Waals surface area contributed by atoms with Gasteiger partial charge in [-0.1, -0.05) is 12.1 Å². The fourth-order valence-corrected chi connectivity index (χ4v) is 6.02. The molecular formula is C32H29F4N5O2. The van der Waals surface area contributed by atoms with Crippen LogP contribution in [0.15, 0.2) is 59.3 Å². The molecule has 43 heavy (non-hydrogen) atoms. The Bertz CT molecular complexity index is 1820. The van der Waals surface area contributed by atoms with E-state index < -0.39 is 23.7 Å². The van der Waals surface area contributed by atoms with Crippen LogP contribution >= 0.6 is 0 Å². The van der Waals surface area contributed by atoms with Crippen molar-refractivity contribution in [3.05, 3.63) is 77.4 Å². The normalized spacial score (nSPS) is 19.0. The number of benzene rings is 3. The molecule has 2 aliphatic rings. The highest BCUT2D eigenvalue weighted by Crippen LogP contribution is 2.45. The van der Waals surface area contributed by atoms with Crippen molar-refractivity contribution in [2.75, 3.05) is 0 Å². The lowest BCUT2D eigenvalue weighted by atomic mass is 9.94.